The minimum Gasteiger partial charge on any atom is -0.444 e. The number of nitrogens with two attached hydrogens (primary N) is 1. The minimum atomic E-state index is 0.298. The van der Waals surface area contributed by atoms with Gasteiger partial charge in [0.25, 0.3) is 0 Å². The van der Waals surface area contributed by atoms with Gasteiger partial charge in [-0.25, -0.2) is 4.98 Å². The predicted molar refractivity (Wildman–Crippen MR) is 53.8 cm³/mol. The molecule has 1 aromatic heterocycles. The van der Waals surface area contributed by atoms with Crippen LogP contribution in [0.5, 0.6) is 0 Å². The van der Waals surface area contributed by atoms with E-state index in [1.165, 1.54) is 0 Å². The average Bonchev–Trinajstić information content (AvgIpc) is 2.51. The van der Waals surface area contributed by atoms with Crippen molar-refractivity contribution >= 4 is 0 Å². The third-order valence-corrected chi connectivity index (χ3v) is 2.79. The lowest BCUT2D eigenvalue weighted by molar-refractivity contribution is 0.143. The highest BCUT2D eigenvalue weighted by Crippen LogP contribution is 2.28. The first-order valence-electron chi connectivity index (χ1n) is 5.05. The van der Waals surface area contributed by atoms with Crippen LogP contribution in [0.1, 0.15) is 30.5 Å². The predicted octanol–water partition coefficient (Wildman–Crippen LogP) is 1.08. The normalized spacial score (nSPS) is 29.4. The molecule has 0 amide bonds. The van der Waals surface area contributed by atoms with Gasteiger partial charge in [0.2, 0.25) is 5.89 Å². The third-order valence-electron chi connectivity index (χ3n) is 2.79. The Labute approximate surface area is 84.1 Å². The van der Waals surface area contributed by atoms with Gasteiger partial charge in [-0.05, 0) is 26.8 Å². The zero-order valence-corrected chi connectivity index (χ0v) is 8.73. The highest BCUT2D eigenvalue weighted by molar-refractivity contribution is 4.98. The first kappa shape index (κ1) is 9.68. The van der Waals surface area contributed by atoms with Crippen molar-refractivity contribution in [2.24, 2.45) is 5.73 Å². The zero-order valence-electron chi connectivity index (χ0n) is 8.73. The van der Waals surface area contributed by atoms with Gasteiger partial charge in [0.1, 0.15) is 5.76 Å². The van der Waals surface area contributed by atoms with Crippen LogP contribution in [0.25, 0.3) is 0 Å². The molecule has 1 aliphatic heterocycles. The van der Waals surface area contributed by atoms with Gasteiger partial charge in [-0.3, -0.25) is 4.90 Å². The van der Waals surface area contributed by atoms with Crippen LogP contribution in [0.3, 0.4) is 0 Å². The van der Waals surface area contributed by atoms with Gasteiger partial charge in [0.05, 0.1) is 12.2 Å². The van der Waals surface area contributed by atoms with Crippen molar-refractivity contribution in [1.29, 1.82) is 0 Å². The van der Waals surface area contributed by atoms with Crippen LogP contribution < -0.4 is 5.73 Å². The van der Waals surface area contributed by atoms with E-state index >= 15 is 0 Å². The molecule has 0 aromatic carbocycles. The second-order valence-electron chi connectivity index (χ2n) is 4.10. The standard InChI is InChI=1S/C10H17N3O/c1-7-5-12-10(14-7)9-4-3-8(11)6-13(9)2/h5,8-9H,3-4,6,11H2,1-2H3. The van der Waals surface area contributed by atoms with E-state index in [1.807, 2.05) is 6.92 Å². The summed E-state index contributed by atoms with van der Waals surface area (Å²) in [6.45, 7) is 2.84. The summed E-state index contributed by atoms with van der Waals surface area (Å²) in [5.74, 6) is 1.71. The lowest BCUT2D eigenvalue weighted by atomic mass is 9.99. The molecule has 1 aliphatic rings. The van der Waals surface area contributed by atoms with Crippen LogP contribution in [-0.4, -0.2) is 29.5 Å². The molecule has 0 spiro atoms. The van der Waals surface area contributed by atoms with Gasteiger partial charge in [-0.1, -0.05) is 0 Å². The van der Waals surface area contributed by atoms with E-state index in [2.05, 4.69) is 16.9 Å². The lowest BCUT2D eigenvalue weighted by Crippen LogP contribution is -2.42. The number of oxazole rings is 1. The van der Waals surface area contributed by atoms with Crippen LogP contribution in [0.4, 0.5) is 0 Å². The molecule has 2 atom stereocenters. The maximum atomic E-state index is 5.88. The first-order chi connectivity index (χ1) is 6.66. The van der Waals surface area contributed by atoms with E-state index in [1.54, 1.807) is 6.20 Å². The molecule has 0 bridgehead atoms. The molecule has 78 valence electrons. The van der Waals surface area contributed by atoms with Crippen molar-refractivity contribution in [2.45, 2.75) is 31.8 Å². The molecular formula is C10H17N3O. The molecule has 1 saturated heterocycles. The molecule has 1 aromatic rings. The van der Waals surface area contributed by atoms with Crippen LogP contribution in [0.15, 0.2) is 10.6 Å². The fourth-order valence-electron chi connectivity index (χ4n) is 2.02. The second-order valence-corrected chi connectivity index (χ2v) is 4.10. The fraction of sp³-hybridized carbons (Fsp3) is 0.700. The first-order valence-corrected chi connectivity index (χ1v) is 5.05. The number of aromatic nitrogens is 1. The van der Waals surface area contributed by atoms with Crippen LogP contribution in [-0.2, 0) is 0 Å². The molecule has 2 unspecified atom stereocenters. The Balaban J connectivity index is 2.11. The number of piperidine rings is 1. The maximum Gasteiger partial charge on any atom is 0.211 e. The van der Waals surface area contributed by atoms with E-state index in [-0.39, 0.29) is 0 Å². The van der Waals surface area contributed by atoms with E-state index in [4.69, 9.17) is 10.2 Å². The highest BCUT2D eigenvalue weighted by atomic mass is 16.4. The number of hydrogen-bond donors (Lipinski definition) is 1. The summed E-state index contributed by atoms with van der Waals surface area (Å²) < 4.78 is 5.54. The van der Waals surface area contributed by atoms with Gasteiger partial charge in [-0.15, -0.1) is 0 Å². The van der Waals surface area contributed by atoms with Crippen molar-refractivity contribution < 1.29 is 4.42 Å². The molecule has 4 heteroatoms. The molecule has 0 radical (unpaired) electrons. The fourth-order valence-corrected chi connectivity index (χ4v) is 2.02. The summed E-state index contributed by atoms with van der Waals surface area (Å²) in [5, 5.41) is 0. The third kappa shape index (κ3) is 1.81. The van der Waals surface area contributed by atoms with Gasteiger partial charge in [0, 0.05) is 12.6 Å². The summed E-state index contributed by atoms with van der Waals surface area (Å²) in [6.07, 6.45) is 3.87. The van der Waals surface area contributed by atoms with E-state index in [0.29, 0.717) is 12.1 Å². The Kier molecular flexibility index (Phi) is 2.56. The molecule has 0 aliphatic carbocycles. The largest absolute Gasteiger partial charge is 0.444 e. The monoisotopic (exact) mass is 195 g/mol. The Bertz CT molecular complexity index is 310. The minimum absolute atomic E-state index is 0.298. The number of aryl methyl sites for hydroxylation is 1. The number of likely N-dealkylation sites (N-methyl/N-ethyl adjacent to an activating group) is 1. The van der Waals surface area contributed by atoms with Gasteiger partial charge in [-0.2, -0.15) is 0 Å². The molecule has 2 rings (SSSR count). The Hall–Kier alpha value is -0.870. The summed E-state index contributed by atoms with van der Waals surface area (Å²) in [6, 6.07) is 0.607. The number of rotatable bonds is 1. The second kappa shape index (κ2) is 3.71. The SMILES string of the molecule is Cc1cnc(C2CCC(N)CN2C)o1. The number of hydrogen-bond acceptors (Lipinski definition) is 4. The van der Waals surface area contributed by atoms with Crippen LogP contribution in [0.2, 0.25) is 0 Å². The van der Waals surface area contributed by atoms with Gasteiger partial charge < -0.3 is 10.2 Å². The summed E-state index contributed by atoms with van der Waals surface area (Å²) in [4.78, 5) is 6.49. The quantitative estimate of drug-likeness (QED) is 0.728. The Morgan fingerprint density at radius 2 is 2.36 bits per heavy atom. The Morgan fingerprint density at radius 3 is 2.93 bits per heavy atom. The number of likely N-dealkylation sites (tertiary alicyclic amines) is 1. The average molecular weight is 195 g/mol. The Morgan fingerprint density at radius 1 is 1.57 bits per heavy atom. The molecule has 0 saturated carbocycles. The topological polar surface area (TPSA) is 55.3 Å². The molecule has 2 N–H and O–H groups in total. The maximum absolute atomic E-state index is 5.88. The van der Waals surface area contributed by atoms with Crippen molar-refractivity contribution in [3.05, 3.63) is 17.8 Å². The lowest BCUT2D eigenvalue weighted by Gasteiger charge is -2.33. The van der Waals surface area contributed by atoms with Crippen LogP contribution >= 0.6 is 0 Å². The smallest absolute Gasteiger partial charge is 0.211 e. The molecule has 4 nitrogen and oxygen atoms in total. The van der Waals surface area contributed by atoms with E-state index in [0.717, 1.165) is 31.0 Å². The molecule has 1 fully saturated rings. The zero-order chi connectivity index (χ0) is 10.1. The summed E-state index contributed by atoms with van der Waals surface area (Å²) >= 11 is 0. The van der Waals surface area contributed by atoms with Gasteiger partial charge >= 0.3 is 0 Å². The van der Waals surface area contributed by atoms with Crippen LogP contribution in [0, 0.1) is 6.92 Å². The van der Waals surface area contributed by atoms with Gasteiger partial charge in [0.15, 0.2) is 0 Å². The van der Waals surface area contributed by atoms with E-state index < -0.39 is 0 Å². The van der Waals surface area contributed by atoms with E-state index in [9.17, 15) is 0 Å². The van der Waals surface area contributed by atoms with Crippen molar-refractivity contribution in [3.8, 4) is 0 Å². The summed E-state index contributed by atoms with van der Waals surface area (Å²) in [7, 11) is 2.07. The molecule has 14 heavy (non-hydrogen) atoms. The van der Waals surface area contributed by atoms with Crippen molar-refractivity contribution in [1.82, 2.24) is 9.88 Å². The number of nitrogens with zero attached hydrogens (tertiary/aromatic N) is 2. The highest BCUT2D eigenvalue weighted by Gasteiger charge is 2.27. The van der Waals surface area contributed by atoms with Crippen molar-refractivity contribution in [3.63, 3.8) is 0 Å². The molecular weight excluding hydrogens is 178 g/mol. The van der Waals surface area contributed by atoms with Crippen molar-refractivity contribution in [2.75, 3.05) is 13.6 Å². The summed E-state index contributed by atoms with van der Waals surface area (Å²) in [5.41, 5.74) is 5.88. The molecule has 2 heterocycles.